The van der Waals surface area contributed by atoms with Crippen LogP contribution >= 0.6 is 23.2 Å². The van der Waals surface area contributed by atoms with E-state index in [1.54, 1.807) is 12.1 Å². The minimum absolute atomic E-state index is 0.0446. The van der Waals surface area contributed by atoms with Crippen LogP contribution in [0.15, 0.2) is 48.5 Å². The summed E-state index contributed by atoms with van der Waals surface area (Å²) in [7, 11) is 0. The smallest absolute Gasteiger partial charge is 0.146 e. The summed E-state index contributed by atoms with van der Waals surface area (Å²) in [6, 6.07) is 15.8. The molecule has 1 unspecified atom stereocenters. The molecule has 2 nitrogen and oxygen atoms in total. The lowest BCUT2D eigenvalue weighted by atomic mass is 9.73. The Bertz CT molecular complexity index is 808. The van der Waals surface area contributed by atoms with Crippen molar-refractivity contribution in [3.05, 3.63) is 69.7 Å². The molecule has 0 aliphatic heterocycles. The Hall–Kier alpha value is -1.64. The summed E-state index contributed by atoms with van der Waals surface area (Å²) in [5, 5.41) is 0.887. The molecule has 1 atom stereocenters. The number of hydrogen-bond acceptors (Lipinski definition) is 2. The first-order valence-electron chi connectivity index (χ1n) is 9.49. The third-order valence-electron chi connectivity index (χ3n) is 5.69. The third kappa shape index (κ3) is 4.80. The van der Waals surface area contributed by atoms with Crippen LogP contribution in [0.25, 0.3) is 0 Å². The first kappa shape index (κ1) is 20.1. The molecule has 1 aliphatic carbocycles. The Labute approximate surface area is 170 Å². The summed E-state index contributed by atoms with van der Waals surface area (Å²) in [6.07, 6.45) is 3.98. The van der Waals surface area contributed by atoms with E-state index in [-0.39, 0.29) is 17.5 Å². The lowest BCUT2D eigenvalue weighted by Crippen LogP contribution is -2.32. The first-order chi connectivity index (χ1) is 13.0. The minimum atomic E-state index is -0.640. The zero-order chi connectivity index (χ0) is 19.4. The van der Waals surface area contributed by atoms with E-state index in [1.165, 1.54) is 12.5 Å². The van der Waals surface area contributed by atoms with Crippen LogP contribution in [0, 0.1) is 11.8 Å². The predicted octanol–water partition coefficient (Wildman–Crippen LogP) is 6.28. The van der Waals surface area contributed by atoms with Crippen LogP contribution in [-0.4, -0.2) is 11.6 Å². The molecule has 0 heterocycles. The Morgan fingerprint density at radius 3 is 2.26 bits per heavy atom. The van der Waals surface area contributed by atoms with Crippen molar-refractivity contribution in [3.63, 3.8) is 0 Å². The van der Waals surface area contributed by atoms with Crippen molar-refractivity contribution in [3.8, 4) is 0 Å². The van der Waals surface area contributed by atoms with Gasteiger partial charge in [0.05, 0.1) is 16.0 Å². The Morgan fingerprint density at radius 2 is 1.63 bits per heavy atom. The van der Waals surface area contributed by atoms with Crippen molar-refractivity contribution < 1.29 is 9.59 Å². The second-order valence-electron chi connectivity index (χ2n) is 7.44. The van der Waals surface area contributed by atoms with Crippen LogP contribution in [0.2, 0.25) is 10.0 Å². The van der Waals surface area contributed by atoms with Crippen LogP contribution in [0.1, 0.15) is 49.7 Å². The molecule has 0 amide bonds. The molecule has 0 radical (unpaired) electrons. The van der Waals surface area contributed by atoms with E-state index < -0.39 is 5.92 Å². The fraction of sp³-hybridized carbons (Fsp3) is 0.391. The van der Waals surface area contributed by atoms with Gasteiger partial charge in [-0.15, -0.1) is 0 Å². The SMILES string of the molecule is CC(=O)C(Cc1cccc(Cl)c1Cl)C(=O)C1CCC(c2ccccc2)CC1. The number of benzene rings is 2. The van der Waals surface area contributed by atoms with Crippen LogP contribution in [0.3, 0.4) is 0 Å². The molecule has 3 rings (SSSR count). The Balaban J connectivity index is 1.67. The number of carbonyl (C=O) groups excluding carboxylic acids is 2. The summed E-state index contributed by atoms with van der Waals surface area (Å²) < 4.78 is 0. The normalized spacial score (nSPS) is 20.9. The fourth-order valence-corrected chi connectivity index (χ4v) is 4.49. The maximum absolute atomic E-state index is 13.1. The molecule has 1 fully saturated rings. The van der Waals surface area contributed by atoms with Gasteiger partial charge < -0.3 is 0 Å². The van der Waals surface area contributed by atoms with Gasteiger partial charge in [-0.05, 0) is 62.1 Å². The van der Waals surface area contributed by atoms with Crippen molar-refractivity contribution in [1.82, 2.24) is 0 Å². The van der Waals surface area contributed by atoms with E-state index in [9.17, 15) is 9.59 Å². The Kier molecular flexibility index (Phi) is 6.73. The lowest BCUT2D eigenvalue weighted by Gasteiger charge is -2.30. The number of ketones is 2. The number of rotatable bonds is 6. The molecule has 0 N–H and O–H groups in total. The largest absolute Gasteiger partial charge is 0.299 e. The van der Waals surface area contributed by atoms with Gasteiger partial charge in [-0.25, -0.2) is 0 Å². The zero-order valence-corrected chi connectivity index (χ0v) is 17.0. The van der Waals surface area contributed by atoms with Gasteiger partial charge >= 0.3 is 0 Å². The molecule has 142 valence electrons. The highest BCUT2D eigenvalue weighted by Crippen LogP contribution is 2.38. The van der Waals surface area contributed by atoms with E-state index in [1.807, 2.05) is 12.1 Å². The Morgan fingerprint density at radius 1 is 0.963 bits per heavy atom. The zero-order valence-electron chi connectivity index (χ0n) is 15.5. The molecule has 0 saturated heterocycles. The van der Waals surface area contributed by atoms with Gasteiger partial charge in [0.1, 0.15) is 11.6 Å². The van der Waals surface area contributed by atoms with Gasteiger partial charge in [0.2, 0.25) is 0 Å². The third-order valence-corrected chi connectivity index (χ3v) is 6.55. The average molecular weight is 403 g/mol. The molecule has 0 aromatic heterocycles. The second kappa shape index (κ2) is 9.03. The van der Waals surface area contributed by atoms with Gasteiger partial charge in [-0.2, -0.15) is 0 Å². The van der Waals surface area contributed by atoms with E-state index in [2.05, 4.69) is 24.3 Å². The van der Waals surface area contributed by atoms with E-state index in [4.69, 9.17) is 23.2 Å². The van der Waals surface area contributed by atoms with Crippen molar-refractivity contribution in [2.75, 3.05) is 0 Å². The van der Waals surface area contributed by atoms with Crippen molar-refractivity contribution in [2.24, 2.45) is 11.8 Å². The summed E-state index contributed by atoms with van der Waals surface area (Å²) >= 11 is 12.3. The number of Topliss-reactive ketones (excluding diaryl/α,β-unsaturated/α-hetero) is 2. The molecule has 4 heteroatoms. The molecule has 0 spiro atoms. The molecule has 1 aliphatic rings. The maximum atomic E-state index is 13.1. The molecule has 2 aromatic carbocycles. The highest BCUT2D eigenvalue weighted by atomic mass is 35.5. The van der Waals surface area contributed by atoms with Crippen LogP contribution in [0.4, 0.5) is 0 Å². The lowest BCUT2D eigenvalue weighted by molar-refractivity contribution is -0.134. The number of hydrogen-bond donors (Lipinski definition) is 0. The average Bonchev–Trinajstić information content (AvgIpc) is 2.69. The topological polar surface area (TPSA) is 34.1 Å². The summed E-state index contributed by atoms with van der Waals surface area (Å²) in [5.41, 5.74) is 2.10. The summed E-state index contributed by atoms with van der Waals surface area (Å²) in [6.45, 7) is 1.50. The molecule has 0 bridgehead atoms. The standard InChI is InChI=1S/C23H24Cl2O2/c1-15(26)20(14-19-8-5-9-21(24)22(19)25)23(27)18-12-10-17(11-13-18)16-6-3-2-4-7-16/h2-9,17-18,20H,10-14H2,1H3. The van der Waals surface area contributed by atoms with Crippen molar-refractivity contribution >= 4 is 34.8 Å². The van der Waals surface area contributed by atoms with Gasteiger partial charge in [-0.3, -0.25) is 9.59 Å². The van der Waals surface area contributed by atoms with E-state index in [0.717, 1.165) is 31.2 Å². The maximum Gasteiger partial charge on any atom is 0.146 e. The van der Waals surface area contributed by atoms with E-state index in [0.29, 0.717) is 22.4 Å². The second-order valence-corrected chi connectivity index (χ2v) is 8.23. The van der Waals surface area contributed by atoms with Gasteiger partial charge in [-0.1, -0.05) is 65.7 Å². The van der Waals surface area contributed by atoms with E-state index >= 15 is 0 Å². The van der Waals surface area contributed by atoms with Crippen molar-refractivity contribution in [1.29, 1.82) is 0 Å². The molecule has 2 aromatic rings. The molecule has 1 saturated carbocycles. The van der Waals surface area contributed by atoms with Crippen LogP contribution in [0.5, 0.6) is 0 Å². The summed E-state index contributed by atoms with van der Waals surface area (Å²) in [5.74, 6) is -0.212. The molecular weight excluding hydrogens is 379 g/mol. The minimum Gasteiger partial charge on any atom is -0.299 e. The monoisotopic (exact) mass is 402 g/mol. The fourth-order valence-electron chi connectivity index (χ4n) is 4.09. The summed E-state index contributed by atoms with van der Waals surface area (Å²) in [4.78, 5) is 25.3. The van der Waals surface area contributed by atoms with Gasteiger partial charge in [0.15, 0.2) is 0 Å². The first-order valence-corrected chi connectivity index (χ1v) is 10.2. The highest BCUT2D eigenvalue weighted by molar-refractivity contribution is 6.42. The van der Waals surface area contributed by atoms with Crippen LogP contribution < -0.4 is 0 Å². The predicted molar refractivity (Wildman–Crippen MR) is 110 cm³/mol. The quantitative estimate of drug-likeness (QED) is 0.532. The van der Waals surface area contributed by atoms with Gasteiger partial charge in [0.25, 0.3) is 0 Å². The van der Waals surface area contributed by atoms with Crippen LogP contribution in [-0.2, 0) is 16.0 Å². The molecule has 27 heavy (non-hydrogen) atoms. The number of carbonyl (C=O) groups is 2. The number of halogens is 2. The van der Waals surface area contributed by atoms with Crippen molar-refractivity contribution in [2.45, 2.75) is 44.9 Å². The van der Waals surface area contributed by atoms with Gasteiger partial charge in [0, 0.05) is 5.92 Å². The molecular formula is C23H24Cl2O2. The highest BCUT2D eigenvalue weighted by Gasteiger charge is 2.33.